The molecule has 44 heavy (non-hydrogen) atoms. The Kier molecular flexibility index (Phi) is 8.14. The first kappa shape index (κ1) is 25.6. The second-order valence-corrected chi connectivity index (χ2v) is 17.4. The van der Waals surface area contributed by atoms with Crippen molar-refractivity contribution < 1.29 is 27.0 Å². The van der Waals surface area contributed by atoms with Crippen LogP contribution in [0.2, 0.25) is 19.6 Å². The fraction of sp³-hybridized carbons (Fsp3) is 0.125. The Morgan fingerprint density at radius 2 is 1.57 bits per heavy atom. The number of benzene rings is 5. The maximum Gasteiger partial charge on any atom is 3.00 e. The molecule has 0 aliphatic carbocycles. The minimum absolute atomic E-state index is 0. The molecule has 7 aromatic rings. The summed E-state index contributed by atoms with van der Waals surface area (Å²) in [7, 11) is -1.42. The molecule has 0 saturated heterocycles. The summed E-state index contributed by atoms with van der Waals surface area (Å²) >= 11 is 1.61. The summed E-state index contributed by atoms with van der Waals surface area (Å²) in [6.07, 6.45) is 0.437. The standard InChI is InChI=1S/C21H20NSSi.C19H14.Ir/c1-14-9-11-16(18-12-10-15(13-22-18)24(2,3)4)21-20(14)17-7-5-6-8-19(17)23-21;1-3-8-16(9-4-1)14-17-10-7-13-19(15-17)18-11-5-2-6-12-18;/h5-10,12-13H,1-4H3;1-11,15H,14H2;/q-1;-2;+3/i1D3;14D2;. The molecule has 5 aromatic carbocycles. The van der Waals surface area contributed by atoms with E-state index in [0.29, 0.717) is 16.7 Å². The van der Waals surface area contributed by atoms with Gasteiger partial charge in [-0.15, -0.1) is 41.0 Å². The first-order valence-electron chi connectivity index (χ1n) is 16.7. The van der Waals surface area contributed by atoms with Gasteiger partial charge in [0.2, 0.25) is 0 Å². The number of pyridine rings is 1. The molecular formula is C40H34IrNSSi. The van der Waals surface area contributed by atoms with Gasteiger partial charge in [-0.1, -0.05) is 92.5 Å². The summed E-state index contributed by atoms with van der Waals surface area (Å²) in [5.74, 6) is 0. The summed E-state index contributed by atoms with van der Waals surface area (Å²) < 4.78 is 42.7. The predicted molar refractivity (Wildman–Crippen MR) is 188 cm³/mol. The number of nitrogens with zero attached hydrogens (tertiary/aromatic N) is 1. The molecule has 1 nitrogen and oxygen atoms in total. The van der Waals surface area contributed by atoms with Crippen molar-refractivity contribution in [1.82, 2.24) is 4.98 Å². The van der Waals surface area contributed by atoms with E-state index < -0.39 is 21.3 Å². The zero-order valence-electron chi connectivity index (χ0n) is 29.7. The Balaban J connectivity index is 0.000000193. The number of thiophene rings is 1. The molecule has 4 heteroatoms. The molecule has 0 radical (unpaired) electrons. The average molecular weight is 786 g/mol. The van der Waals surface area contributed by atoms with Crippen LogP contribution in [0.5, 0.6) is 0 Å². The SMILES string of the molecule is [2H]C([2H])([2H])c1c[c-]c(-c2ccc([Si](C)(C)C)cn2)c2sc3ccccc3c12.[2H]C([2H])(c1ccccc1)c1cc[c-]c(-c2[c-]cccc2)c1.[Ir+3]. The van der Waals surface area contributed by atoms with E-state index in [1.165, 1.54) is 5.19 Å². The maximum atomic E-state index is 8.41. The minimum Gasteiger partial charge on any atom is -0.305 e. The summed E-state index contributed by atoms with van der Waals surface area (Å²) in [6, 6.07) is 45.6. The molecule has 0 amide bonds. The molecule has 7 rings (SSSR count). The number of aromatic nitrogens is 1. The molecule has 0 saturated carbocycles. The van der Waals surface area contributed by atoms with Crippen LogP contribution in [-0.2, 0) is 26.5 Å². The van der Waals surface area contributed by atoms with E-state index in [4.69, 9.17) is 11.8 Å². The fourth-order valence-corrected chi connectivity index (χ4v) is 7.16. The number of fused-ring (bicyclic) bond motifs is 3. The van der Waals surface area contributed by atoms with E-state index >= 15 is 0 Å². The van der Waals surface area contributed by atoms with E-state index in [9.17, 15) is 0 Å². The van der Waals surface area contributed by atoms with Crippen molar-refractivity contribution in [2.75, 3.05) is 0 Å². The van der Waals surface area contributed by atoms with Crippen LogP contribution >= 0.6 is 11.3 Å². The van der Waals surface area contributed by atoms with Crippen molar-refractivity contribution in [3.05, 3.63) is 156 Å². The Morgan fingerprint density at radius 1 is 0.795 bits per heavy atom. The number of aryl methyl sites for hydroxylation is 1. The van der Waals surface area contributed by atoms with Crippen molar-refractivity contribution in [3.8, 4) is 22.4 Å². The molecule has 2 heterocycles. The van der Waals surface area contributed by atoms with Crippen LogP contribution < -0.4 is 5.19 Å². The monoisotopic (exact) mass is 786 g/mol. The third-order valence-corrected chi connectivity index (χ3v) is 10.4. The van der Waals surface area contributed by atoms with E-state index in [-0.39, 0.29) is 20.1 Å². The number of hydrogen-bond donors (Lipinski definition) is 0. The van der Waals surface area contributed by atoms with Gasteiger partial charge in [-0.2, -0.15) is 53.8 Å². The zero-order valence-corrected chi connectivity index (χ0v) is 28.9. The largest absolute Gasteiger partial charge is 3.00 e. The first-order chi connectivity index (χ1) is 22.8. The van der Waals surface area contributed by atoms with Gasteiger partial charge in [0, 0.05) is 17.8 Å². The van der Waals surface area contributed by atoms with Gasteiger partial charge in [-0.05, 0) is 39.0 Å². The molecular weight excluding hydrogens is 747 g/mol. The summed E-state index contributed by atoms with van der Waals surface area (Å²) in [5.41, 5.74) is 5.12. The molecule has 0 unspecified atom stereocenters. The molecule has 0 aliphatic heterocycles. The third-order valence-electron chi connectivity index (χ3n) is 7.20. The van der Waals surface area contributed by atoms with Gasteiger partial charge in [0.05, 0.1) is 8.07 Å². The van der Waals surface area contributed by atoms with E-state index in [2.05, 4.69) is 43.9 Å². The Hall–Kier alpha value is -3.66. The van der Waals surface area contributed by atoms with Crippen LogP contribution in [-0.4, -0.2) is 13.1 Å². The molecule has 2 aromatic heterocycles. The van der Waals surface area contributed by atoms with E-state index in [1.54, 1.807) is 29.5 Å². The van der Waals surface area contributed by atoms with Crippen molar-refractivity contribution >= 4 is 44.8 Å². The van der Waals surface area contributed by atoms with Gasteiger partial charge >= 0.3 is 20.1 Å². The third kappa shape index (κ3) is 7.17. The molecule has 218 valence electrons. The van der Waals surface area contributed by atoms with Crippen molar-refractivity contribution in [2.24, 2.45) is 0 Å². The molecule has 0 aliphatic rings. The molecule has 0 spiro atoms. The topological polar surface area (TPSA) is 12.9 Å². The fourth-order valence-electron chi connectivity index (χ4n) is 4.90. The number of hydrogen-bond acceptors (Lipinski definition) is 2. The summed E-state index contributed by atoms with van der Waals surface area (Å²) in [4.78, 5) is 4.70. The molecule has 0 bridgehead atoms. The Labute approximate surface area is 287 Å². The summed E-state index contributed by atoms with van der Waals surface area (Å²) in [5, 5.41) is 3.09. The van der Waals surface area contributed by atoms with E-state index in [0.717, 1.165) is 42.6 Å². The number of rotatable bonds is 5. The molecule has 0 N–H and O–H groups in total. The van der Waals surface area contributed by atoms with Crippen LogP contribution in [0.3, 0.4) is 0 Å². The van der Waals surface area contributed by atoms with Crippen molar-refractivity contribution in [1.29, 1.82) is 0 Å². The Bertz CT molecular complexity index is 2180. The summed E-state index contributed by atoms with van der Waals surface area (Å²) in [6.45, 7) is 4.72. The normalized spacial score (nSPS) is 13.4. The van der Waals surface area contributed by atoms with Gasteiger partial charge in [0.25, 0.3) is 0 Å². The van der Waals surface area contributed by atoms with Crippen LogP contribution in [0.15, 0.2) is 121 Å². The predicted octanol–water partition coefficient (Wildman–Crippen LogP) is 10.3. The Morgan fingerprint density at radius 3 is 2.30 bits per heavy atom. The smallest absolute Gasteiger partial charge is 0.305 e. The van der Waals surface area contributed by atoms with Gasteiger partial charge in [0.15, 0.2) is 0 Å². The maximum absolute atomic E-state index is 8.41. The molecule has 0 atom stereocenters. The van der Waals surface area contributed by atoms with Gasteiger partial charge in [-0.3, -0.25) is 0 Å². The van der Waals surface area contributed by atoms with Crippen LogP contribution in [0.4, 0.5) is 0 Å². The van der Waals surface area contributed by atoms with Gasteiger partial charge < -0.3 is 4.98 Å². The zero-order chi connectivity index (χ0) is 34.1. The van der Waals surface area contributed by atoms with Crippen molar-refractivity contribution in [3.63, 3.8) is 0 Å². The van der Waals surface area contributed by atoms with Crippen LogP contribution in [0.1, 0.15) is 23.5 Å². The van der Waals surface area contributed by atoms with Gasteiger partial charge in [0.1, 0.15) is 0 Å². The molecule has 0 fully saturated rings. The van der Waals surface area contributed by atoms with Crippen LogP contribution in [0.25, 0.3) is 42.6 Å². The van der Waals surface area contributed by atoms with Gasteiger partial charge in [-0.25, -0.2) is 11.1 Å². The first-order valence-corrected chi connectivity index (χ1v) is 18.5. The second-order valence-electron chi connectivity index (χ2n) is 11.3. The quantitative estimate of drug-likeness (QED) is 0.125. The second kappa shape index (κ2) is 14.0. The minimum atomic E-state index is -2.17. The van der Waals surface area contributed by atoms with Crippen LogP contribution in [0, 0.1) is 25.1 Å². The van der Waals surface area contributed by atoms with E-state index in [1.807, 2.05) is 97.2 Å². The average Bonchev–Trinajstić information content (AvgIpc) is 3.48. The van der Waals surface area contributed by atoms with Crippen molar-refractivity contribution in [2.45, 2.75) is 32.9 Å².